The minimum atomic E-state index is -0.634. The van der Waals surface area contributed by atoms with E-state index in [0.29, 0.717) is 24.5 Å². The van der Waals surface area contributed by atoms with Crippen LogP contribution in [0.5, 0.6) is 0 Å². The third-order valence-corrected chi connectivity index (χ3v) is 4.18. The van der Waals surface area contributed by atoms with Crippen molar-refractivity contribution in [2.24, 2.45) is 7.05 Å². The van der Waals surface area contributed by atoms with E-state index in [-0.39, 0.29) is 18.3 Å². The summed E-state index contributed by atoms with van der Waals surface area (Å²) in [5.74, 6) is -0.960. The standard InChI is InChI=1S/C15H19N7O4/c1-19-14(15(24)20-6-3-2-4-7-20)11(9-16-19)17-13(23)10-21-8-5-12(18-21)22(25)26/h5,8-9H,2-4,6-7,10H2,1H3,(H,17,23). The first-order valence-corrected chi connectivity index (χ1v) is 8.24. The van der Waals surface area contributed by atoms with Gasteiger partial charge < -0.3 is 20.3 Å². The van der Waals surface area contributed by atoms with Crippen molar-refractivity contribution in [3.8, 4) is 0 Å². The fourth-order valence-electron chi connectivity index (χ4n) is 2.90. The summed E-state index contributed by atoms with van der Waals surface area (Å²) in [4.78, 5) is 36.7. The van der Waals surface area contributed by atoms with Gasteiger partial charge in [0.2, 0.25) is 5.91 Å². The molecule has 0 radical (unpaired) electrons. The van der Waals surface area contributed by atoms with Crippen LogP contribution in [0.2, 0.25) is 0 Å². The molecule has 0 atom stereocenters. The molecule has 1 saturated heterocycles. The van der Waals surface area contributed by atoms with Gasteiger partial charge in [-0.1, -0.05) is 0 Å². The molecule has 0 bridgehead atoms. The predicted octanol–water partition coefficient (Wildman–Crippen LogP) is 0.790. The largest absolute Gasteiger partial charge is 0.389 e. The fraction of sp³-hybridized carbons (Fsp3) is 0.467. The highest BCUT2D eigenvalue weighted by molar-refractivity contribution is 6.02. The molecule has 0 unspecified atom stereocenters. The molecule has 0 aromatic carbocycles. The van der Waals surface area contributed by atoms with E-state index in [9.17, 15) is 19.7 Å². The van der Waals surface area contributed by atoms with Crippen LogP contribution in [0.4, 0.5) is 11.5 Å². The van der Waals surface area contributed by atoms with E-state index >= 15 is 0 Å². The number of aryl methyl sites for hydroxylation is 1. The summed E-state index contributed by atoms with van der Waals surface area (Å²) in [6, 6.07) is 1.21. The molecule has 1 aliphatic rings. The minimum Gasteiger partial charge on any atom is -0.358 e. The van der Waals surface area contributed by atoms with Gasteiger partial charge in [0.15, 0.2) is 0 Å². The normalized spacial score (nSPS) is 14.3. The molecule has 0 aliphatic carbocycles. The number of aromatic nitrogens is 4. The van der Waals surface area contributed by atoms with Gasteiger partial charge in [-0.2, -0.15) is 9.78 Å². The summed E-state index contributed by atoms with van der Waals surface area (Å²) >= 11 is 0. The third-order valence-electron chi connectivity index (χ3n) is 4.18. The summed E-state index contributed by atoms with van der Waals surface area (Å²) in [5.41, 5.74) is 0.626. The van der Waals surface area contributed by atoms with Gasteiger partial charge in [-0.15, -0.1) is 0 Å². The number of piperidine rings is 1. The Kier molecular flexibility index (Phi) is 4.96. The van der Waals surface area contributed by atoms with Crippen molar-refractivity contribution in [3.63, 3.8) is 0 Å². The molecule has 1 aliphatic heterocycles. The van der Waals surface area contributed by atoms with Crippen molar-refractivity contribution < 1.29 is 14.5 Å². The lowest BCUT2D eigenvalue weighted by Crippen LogP contribution is -2.37. The number of nitrogens with one attached hydrogen (secondary N) is 1. The Morgan fingerprint density at radius 2 is 2.04 bits per heavy atom. The van der Waals surface area contributed by atoms with Crippen LogP contribution in [0.25, 0.3) is 0 Å². The lowest BCUT2D eigenvalue weighted by Gasteiger charge is -2.27. The number of carbonyl (C=O) groups excluding carboxylic acids is 2. The molecule has 138 valence electrons. The molecule has 0 saturated carbocycles. The average molecular weight is 361 g/mol. The monoisotopic (exact) mass is 361 g/mol. The lowest BCUT2D eigenvalue weighted by atomic mass is 10.1. The zero-order valence-electron chi connectivity index (χ0n) is 14.3. The van der Waals surface area contributed by atoms with Gasteiger partial charge in [0.05, 0.1) is 29.2 Å². The van der Waals surface area contributed by atoms with E-state index in [0.717, 1.165) is 23.9 Å². The van der Waals surface area contributed by atoms with Crippen LogP contribution in [0.3, 0.4) is 0 Å². The number of nitrogens with zero attached hydrogens (tertiary/aromatic N) is 6. The second kappa shape index (κ2) is 7.33. The minimum absolute atomic E-state index is 0.172. The van der Waals surface area contributed by atoms with Gasteiger partial charge in [0, 0.05) is 20.1 Å². The first-order chi connectivity index (χ1) is 12.5. The van der Waals surface area contributed by atoms with E-state index < -0.39 is 10.8 Å². The Morgan fingerprint density at radius 3 is 2.69 bits per heavy atom. The number of hydrogen-bond acceptors (Lipinski definition) is 6. The zero-order valence-corrected chi connectivity index (χ0v) is 14.3. The summed E-state index contributed by atoms with van der Waals surface area (Å²) in [7, 11) is 1.64. The predicted molar refractivity (Wildman–Crippen MR) is 90.5 cm³/mol. The van der Waals surface area contributed by atoms with Crippen molar-refractivity contribution >= 4 is 23.3 Å². The van der Waals surface area contributed by atoms with Crippen molar-refractivity contribution in [3.05, 3.63) is 34.3 Å². The average Bonchev–Trinajstić information content (AvgIpc) is 3.22. The maximum atomic E-state index is 12.7. The Morgan fingerprint density at radius 1 is 1.31 bits per heavy atom. The number of amides is 2. The molecule has 26 heavy (non-hydrogen) atoms. The molecule has 11 nitrogen and oxygen atoms in total. The van der Waals surface area contributed by atoms with Crippen molar-refractivity contribution in [1.82, 2.24) is 24.5 Å². The second-order valence-corrected chi connectivity index (χ2v) is 6.06. The Hall–Kier alpha value is -3.24. The van der Waals surface area contributed by atoms with Crippen molar-refractivity contribution in [2.45, 2.75) is 25.8 Å². The highest BCUT2D eigenvalue weighted by atomic mass is 16.6. The molecule has 0 spiro atoms. The van der Waals surface area contributed by atoms with Gasteiger partial charge in [0.25, 0.3) is 5.91 Å². The maximum absolute atomic E-state index is 12.7. The first kappa shape index (κ1) is 17.6. The first-order valence-electron chi connectivity index (χ1n) is 8.24. The quantitative estimate of drug-likeness (QED) is 0.619. The molecule has 3 rings (SSSR count). The highest BCUT2D eigenvalue weighted by Crippen LogP contribution is 2.19. The number of hydrogen-bond donors (Lipinski definition) is 1. The van der Waals surface area contributed by atoms with E-state index in [1.165, 1.54) is 23.1 Å². The molecular weight excluding hydrogens is 342 g/mol. The molecule has 2 aromatic heterocycles. The van der Waals surface area contributed by atoms with Crippen LogP contribution in [0, 0.1) is 10.1 Å². The topological polar surface area (TPSA) is 128 Å². The van der Waals surface area contributed by atoms with Crippen LogP contribution in [0.1, 0.15) is 29.8 Å². The Balaban J connectivity index is 1.70. The highest BCUT2D eigenvalue weighted by Gasteiger charge is 2.25. The van der Waals surface area contributed by atoms with Gasteiger partial charge >= 0.3 is 5.82 Å². The van der Waals surface area contributed by atoms with Gasteiger partial charge in [-0.05, 0) is 24.2 Å². The van der Waals surface area contributed by atoms with Crippen LogP contribution < -0.4 is 5.32 Å². The van der Waals surface area contributed by atoms with E-state index in [2.05, 4.69) is 15.5 Å². The van der Waals surface area contributed by atoms with Crippen LogP contribution in [0.15, 0.2) is 18.5 Å². The van der Waals surface area contributed by atoms with Gasteiger partial charge in [-0.25, -0.2) is 0 Å². The van der Waals surface area contributed by atoms with Gasteiger partial charge in [-0.3, -0.25) is 14.3 Å². The summed E-state index contributed by atoms with van der Waals surface area (Å²) in [5, 5.41) is 21.0. The number of likely N-dealkylation sites (tertiary alicyclic amines) is 1. The molecule has 1 fully saturated rings. The smallest absolute Gasteiger partial charge is 0.358 e. The van der Waals surface area contributed by atoms with Crippen molar-refractivity contribution in [1.29, 1.82) is 0 Å². The summed E-state index contributed by atoms with van der Waals surface area (Å²) < 4.78 is 2.60. The molecule has 2 amide bonds. The van der Waals surface area contributed by atoms with Crippen molar-refractivity contribution in [2.75, 3.05) is 18.4 Å². The molecule has 11 heteroatoms. The molecule has 2 aromatic rings. The zero-order chi connectivity index (χ0) is 18.7. The molecular formula is C15H19N7O4. The molecule has 1 N–H and O–H groups in total. The number of rotatable bonds is 5. The van der Waals surface area contributed by atoms with Crippen LogP contribution in [-0.4, -0.2) is 54.3 Å². The summed E-state index contributed by atoms with van der Waals surface area (Å²) in [6.07, 6.45) is 5.79. The van der Waals surface area contributed by atoms with E-state index in [1.54, 1.807) is 11.9 Å². The van der Waals surface area contributed by atoms with Gasteiger partial charge in [0.1, 0.15) is 12.2 Å². The Bertz CT molecular complexity index is 835. The number of nitro groups is 1. The third kappa shape index (κ3) is 3.71. The fourth-order valence-corrected chi connectivity index (χ4v) is 2.90. The number of anilines is 1. The number of carbonyl (C=O) groups is 2. The SMILES string of the molecule is Cn1ncc(NC(=O)Cn2ccc([N+](=O)[O-])n2)c1C(=O)N1CCCCC1. The second-order valence-electron chi connectivity index (χ2n) is 6.06. The Labute approximate surface area is 148 Å². The lowest BCUT2D eigenvalue weighted by molar-refractivity contribution is -0.389. The van der Waals surface area contributed by atoms with Crippen LogP contribution >= 0.6 is 0 Å². The maximum Gasteiger partial charge on any atom is 0.389 e. The van der Waals surface area contributed by atoms with Crippen LogP contribution in [-0.2, 0) is 18.4 Å². The molecule has 3 heterocycles. The van der Waals surface area contributed by atoms with E-state index in [1.807, 2.05) is 0 Å². The summed E-state index contributed by atoms with van der Waals surface area (Å²) in [6.45, 7) is 1.17. The van der Waals surface area contributed by atoms with E-state index in [4.69, 9.17) is 0 Å².